The van der Waals surface area contributed by atoms with Gasteiger partial charge in [0.2, 0.25) is 6.41 Å². The van der Waals surface area contributed by atoms with Gasteiger partial charge in [0.15, 0.2) is 11.6 Å². The average molecular weight is 245 g/mol. The Morgan fingerprint density at radius 3 is 2.61 bits per heavy atom. The Labute approximate surface area is 104 Å². The first-order chi connectivity index (χ1) is 8.79. The van der Waals surface area contributed by atoms with Crippen LogP contribution in [0, 0.1) is 5.82 Å². The Bertz CT molecular complexity index is 529. The van der Waals surface area contributed by atoms with E-state index in [-0.39, 0.29) is 5.75 Å². The number of anilines is 1. The van der Waals surface area contributed by atoms with Crippen LogP contribution in [0.2, 0.25) is 0 Å². The number of benzene rings is 2. The smallest absolute Gasteiger partial charge is 0.211 e. The Morgan fingerprint density at radius 2 is 1.94 bits per heavy atom. The molecule has 0 aliphatic carbocycles. The fourth-order valence-electron chi connectivity index (χ4n) is 1.51. The highest BCUT2D eigenvalue weighted by atomic mass is 19.1. The van der Waals surface area contributed by atoms with Crippen molar-refractivity contribution < 1.29 is 13.9 Å². The van der Waals surface area contributed by atoms with Crippen molar-refractivity contribution in [1.29, 1.82) is 0 Å². The molecule has 0 fully saturated rings. The molecular weight excluding hydrogens is 233 g/mol. The number of carbonyl (C=O) groups is 1. The Hall–Kier alpha value is -2.36. The molecule has 0 bridgehead atoms. The lowest BCUT2D eigenvalue weighted by Gasteiger charge is -2.08. The first-order valence-corrected chi connectivity index (χ1v) is 5.46. The molecule has 3 nitrogen and oxygen atoms in total. The number of nitrogens with one attached hydrogen (secondary N) is 1. The van der Waals surface area contributed by atoms with E-state index in [9.17, 15) is 9.18 Å². The summed E-state index contributed by atoms with van der Waals surface area (Å²) < 4.78 is 19.0. The molecule has 2 rings (SSSR count). The van der Waals surface area contributed by atoms with Crippen molar-refractivity contribution in [2.45, 2.75) is 6.61 Å². The van der Waals surface area contributed by atoms with Crippen LogP contribution in [-0.4, -0.2) is 6.41 Å². The molecule has 1 amide bonds. The van der Waals surface area contributed by atoms with Gasteiger partial charge in [0.25, 0.3) is 0 Å². The van der Waals surface area contributed by atoms with Crippen molar-refractivity contribution in [3.05, 3.63) is 59.9 Å². The van der Waals surface area contributed by atoms with Crippen LogP contribution in [0.5, 0.6) is 5.75 Å². The molecule has 4 heteroatoms. The molecule has 2 aromatic rings. The molecule has 0 aromatic heterocycles. The number of halogens is 1. The maximum Gasteiger partial charge on any atom is 0.211 e. The lowest BCUT2D eigenvalue weighted by molar-refractivity contribution is -0.105. The van der Waals surface area contributed by atoms with E-state index < -0.39 is 5.82 Å². The summed E-state index contributed by atoms with van der Waals surface area (Å²) in [6.07, 6.45) is 0.499. The average Bonchev–Trinajstić information content (AvgIpc) is 2.39. The van der Waals surface area contributed by atoms with Crippen molar-refractivity contribution in [1.82, 2.24) is 0 Å². The highest BCUT2D eigenvalue weighted by Gasteiger charge is 2.04. The minimum absolute atomic E-state index is 0.162. The molecule has 0 heterocycles. The molecule has 0 saturated carbocycles. The fourth-order valence-corrected chi connectivity index (χ4v) is 1.51. The van der Waals surface area contributed by atoms with E-state index in [1.54, 1.807) is 6.07 Å². The van der Waals surface area contributed by atoms with Gasteiger partial charge in [-0.2, -0.15) is 0 Å². The lowest BCUT2D eigenvalue weighted by Crippen LogP contribution is -1.99. The van der Waals surface area contributed by atoms with Crippen LogP contribution in [0.1, 0.15) is 5.56 Å². The lowest BCUT2D eigenvalue weighted by atomic mass is 10.2. The van der Waals surface area contributed by atoms with Gasteiger partial charge in [-0.15, -0.1) is 0 Å². The maximum atomic E-state index is 13.6. The molecule has 0 unspecified atom stereocenters. The largest absolute Gasteiger partial charge is 0.486 e. The van der Waals surface area contributed by atoms with Gasteiger partial charge in [-0.25, -0.2) is 4.39 Å². The third-order valence-corrected chi connectivity index (χ3v) is 2.39. The van der Waals surface area contributed by atoms with E-state index in [4.69, 9.17) is 4.74 Å². The monoisotopic (exact) mass is 245 g/mol. The van der Waals surface area contributed by atoms with Crippen molar-refractivity contribution >= 4 is 12.1 Å². The zero-order valence-corrected chi connectivity index (χ0v) is 9.60. The number of hydrogen-bond donors (Lipinski definition) is 1. The van der Waals surface area contributed by atoms with Gasteiger partial charge in [-0.1, -0.05) is 30.3 Å². The molecule has 0 radical (unpaired) electrons. The van der Waals surface area contributed by atoms with Crippen molar-refractivity contribution in [2.75, 3.05) is 5.32 Å². The van der Waals surface area contributed by atoms with Crippen LogP contribution in [-0.2, 0) is 11.4 Å². The van der Waals surface area contributed by atoms with Crippen molar-refractivity contribution in [3.8, 4) is 5.75 Å². The second kappa shape index (κ2) is 5.82. The minimum atomic E-state index is -0.502. The van der Waals surface area contributed by atoms with E-state index in [0.717, 1.165) is 5.56 Å². The van der Waals surface area contributed by atoms with Crippen molar-refractivity contribution in [3.63, 3.8) is 0 Å². The first kappa shape index (κ1) is 12.1. The zero-order chi connectivity index (χ0) is 12.8. The van der Waals surface area contributed by atoms with Crippen LogP contribution in [0.3, 0.4) is 0 Å². The molecule has 0 aliphatic rings. The Balaban J connectivity index is 2.03. The second-order valence-electron chi connectivity index (χ2n) is 3.68. The summed E-state index contributed by atoms with van der Waals surface area (Å²) in [4.78, 5) is 10.2. The highest BCUT2D eigenvalue weighted by Crippen LogP contribution is 2.21. The molecule has 2 aromatic carbocycles. The Kier molecular flexibility index (Phi) is 3.91. The Morgan fingerprint density at radius 1 is 1.17 bits per heavy atom. The van der Waals surface area contributed by atoms with E-state index in [1.165, 1.54) is 12.1 Å². The summed E-state index contributed by atoms with van der Waals surface area (Å²) in [7, 11) is 0. The minimum Gasteiger partial charge on any atom is -0.486 e. The first-order valence-electron chi connectivity index (χ1n) is 5.46. The van der Waals surface area contributed by atoms with E-state index in [2.05, 4.69) is 5.32 Å². The third-order valence-electron chi connectivity index (χ3n) is 2.39. The number of hydrogen-bond acceptors (Lipinski definition) is 2. The summed E-state index contributed by atoms with van der Waals surface area (Å²) in [6, 6.07) is 13.8. The van der Waals surface area contributed by atoms with Crippen LogP contribution >= 0.6 is 0 Å². The van der Waals surface area contributed by atoms with Gasteiger partial charge in [-0.3, -0.25) is 4.79 Å². The van der Waals surface area contributed by atoms with Crippen LogP contribution < -0.4 is 10.1 Å². The molecule has 18 heavy (non-hydrogen) atoms. The topological polar surface area (TPSA) is 38.3 Å². The van der Waals surface area contributed by atoms with Gasteiger partial charge < -0.3 is 10.1 Å². The fraction of sp³-hybridized carbons (Fsp3) is 0.0714. The molecule has 0 aliphatic heterocycles. The van der Waals surface area contributed by atoms with Crippen LogP contribution in [0.25, 0.3) is 0 Å². The summed E-state index contributed by atoms with van der Waals surface area (Å²) in [5, 5.41) is 2.37. The number of amides is 1. The molecule has 0 saturated heterocycles. The van der Waals surface area contributed by atoms with Gasteiger partial charge in [0, 0.05) is 11.8 Å². The second-order valence-corrected chi connectivity index (χ2v) is 3.68. The molecule has 0 spiro atoms. The van der Waals surface area contributed by atoms with E-state index in [0.29, 0.717) is 18.7 Å². The van der Waals surface area contributed by atoms with Crippen LogP contribution in [0.4, 0.5) is 10.1 Å². The summed E-state index contributed by atoms with van der Waals surface area (Å²) >= 11 is 0. The molecule has 0 atom stereocenters. The van der Waals surface area contributed by atoms with Gasteiger partial charge in [0.1, 0.15) is 6.61 Å². The third kappa shape index (κ3) is 3.07. The maximum absolute atomic E-state index is 13.6. The summed E-state index contributed by atoms with van der Waals surface area (Å²) in [6.45, 7) is 0.304. The number of rotatable bonds is 5. The normalized spacial score (nSPS) is 9.83. The molecule has 92 valence electrons. The SMILES string of the molecule is O=CNc1ccc(OCc2ccccc2)c(F)c1. The highest BCUT2D eigenvalue weighted by molar-refractivity contribution is 5.71. The molecule has 1 N–H and O–H groups in total. The van der Waals surface area contributed by atoms with Crippen LogP contribution in [0.15, 0.2) is 48.5 Å². The zero-order valence-electron chi connectivity index (χ0n) is 9.60. The predicted molar refractivity (Wildman–Crippen MR) is 66.9 cm³/mol. The predicted octanol–water partition coefficient (Wildman–Crippen LogP) is 2.97. The van der Waals surface area contributed by atoms with Gasteiger partial charge >= 0.3 is 0 Å². The number of ether oxygens (including phenoxy) is 1. The summed E-state index contributed by atoms with van der Waals surface area (Å²) in [5.41, 5.74) is 1.36. The van der Waals surface area contributed by atoms with Gasteiger partial charge in [-0.05, 0) is 17.7 Å². The molecular formula is C14H12FNO2. The van der Waals surface area contributed by atoms with Gasteiger partial charge in [0.05, 0.1) is 0 Å². The quantitative estimate of drug-likeness (QED) is 0.822. The summed E-state index contributed by atoms with van der Waals surface area (Å²) in [5.74, 6) is -0.340. The standard InChI is InChI=1S/C14H12FNO2/c15-13-8-12(16-10-17)6-7-14(13)18-9-11-4-2-1-3-5-11/h1-8,10H,9H2,(H,16,17). The van der Waals surface area contributed by atoms with E-state index >= 15 is 0 Å². The number of carbonyl (C=O) groups excluding carboxylic acids is 1. The van der Waals surface area contributed by atoms with Crippen molar-refractivity contribution in [2.24, 2.45) is 0 Å². The van der Waals surface area contributed by atoms with E-state index in [1.807, 2.05) is 30.3 Å².